The third-order valence-electron chi connectivity index (χ3n) is 2.21. The van der Waals surface area contributed by atoms with Crippen LogP contribution in [0.1, 0.15) is 13.3 Å². The van der Waals surface area contributed by atoms with Crippen molar-refractivity contribution in [1.82, 2.24) is 9.97 Å². The van der Waals surface area contributed by atoms with Crippen LogP contribution < -0.4 is 10.6 Å². The van der Waals surface area contributed by atoms with E-state index in [2.05, 4.69) is 43.5 Å². The summed E-state index contributed by atoms with van der Waals surface area (Å²) in [5.41, 5.74) is 0. The van der Waals surface area contributed by atoms with Crippen molar-refractivity contribution in [3.8, 4) is 0 Å². The van der Waals surface area contributed by atoms with Crippen molar-refractivity contribution in [3.63, 3.8) is 0 Å². The molecule has 0 radical (unpaired) electrons. The second-order valence-electron chi connectivity index (χ2n) is 3.80. The summed E-state index contributed by atoms with van der Waals surface area (Å²) in [6, 6.07) is -0.194. The van der Waals surface area contributed by atoms with E-state index in [-0.39, 0.29) is 12.6 Å². The molecule has 7 heteroatoms. The van der Waals surface area contributed by atoms with Crippen LogP contribution in [0.15, 0.2) is 10.7 Å². The van der Waals surface area contributed by atoms with Gasteiger partial charge in [0.1, 0.15) is 5.82 Å². The van der Waals surface area contributed by atoms with Crippen LogP contribution in [-0.4, -0.2) is 48.0 Å². The Kier molecular flexibility index (Phi) is 6.92. The highest BCUT2D eigenvalue weighted by Crippen LogP contribution is 2.20. The molecular formula is C11H19BrN4O2. The Morgan fingerprint density at radius 1 is 1.56 bits per heavy atom. The molecule has 0 aliphatic rings. The molecule has 1 atom stereocenters. The first-order valence-electron chi connectivity index (χ1n) is 5.84. The molecule has 3 N–H and O–H groups in total. The number of hydrogen-bond acceptors (Lipinski definition) is 6. The van der Waals surface area contributed by atoms with Gasteiger partial charge in [-0.05, 0) is 22.4 Å². The number of halogens is 1. The summed E-state index contributed by atoms with van der Waals surface area (Å²) in [7, 11) is 1.59. The van der Waals surface area contributed by atoms with Gasteiger partial charge in [-0.2, -0.15) is 4.98 Å². The number of anilines is 2. The fraction of sp³-hybridized carbons (Fsp3) is 0.636. The average molecular weight is 319 g/mol. The maximum absolute atomic E-state index is 9.20. The predicted octanol–water partition coefficient (Wildman–Crippen LogP) is 1.48. The Bertz CT molecular complexity index is 365. The zero-order valence-electron chi connectivity index (χ0n) is 10.6. The van der Waals surface area contributed by atoms with E-state index in [4.69, 9.17) is 4.74 Å². The number of aromatic nitrogens is 2. The standard InChI is InChI=1S/C11H19BrN4O2/c1-3-4-13-11-14-5-9(12)10(16-11)15-8(6-17)7-18-2/h5,8,17H,3-4,6-7H2,1-2H3,(H2,13,14,15,16). The Morgan fingerprint density at radius 3 is 2.94 bits per heavy atom. The molecule has 18 heavy (non-hydrogen) atoms. The van der Waals surface area contributed by atoms with Crippen molar-refractivity contribution >= 4 is 27.7 Å². The highest BCUT2D eigenvalue weighted by Gasteiger charge is 2.11. The summed E-state index contributed by atoms with van der Waals surface area (Å²) >= 11 is 3.37. The van der Waals surface area contributed by atoms with Crippen molar-refractivity contribution in [3.05, 3.63) is 10.7 Å². The lowest BCUT2D eigenvalue weighted by Gasteiger charge is -2.17. The van der Waals surface area contributed by atoms with Gasteiger partial charge in [0, 0.05) is 19.9 Å². The summed E-state index contributed by atoms with van der Waals surface area (Å²) in [6.07, 6.45) is 2.68. The maximum atomic E-state index is 9.20. The number of rotatable bonds is 8. The normalized spacial score (nSPS) is 12.2. The fourth-order valence-corrected chi connectivity index (χ4v) is 1.63. The third-order valence-corrected chi connectivity index (χ3v) is 2.79. The lowest BCUT2D eigenvalue weighted by molar-refractivity contribution is 0.153. The number of hydrogen-bond donors (Lipinski definition) is 3. The molecule has 102 valence electrons. The third kappa shape index (κ3) is 4.75. The number of nitrogens with one attached hydrogen (secondary N) is 2. The summed E-state index contributed by atoms with van der Waals surface area (Å²) in [6.45, 7) is 3.28. The van der Waals surface area contributed by atoms with E-state index >= 15 is 0 Å². The molecule has 0 spiro atoms. The number of ether oxygens (including phenoxy) is 1. The van der Waals surface area contributed by atoms with Crippen LogP contribution in [0.2, 0.25) is 0 Å². The zero-order chi connectivity index (χ0) is 13.4. The number of aliphatic hydroxyl groups is 1. The van der Waals surface area contributed by atoms with E-state index in [1.165, 1.54) is 0 Å². The zero-order valence-corrected chi connectivity index (χ0v) is 12.2. The Labute approximate surface area is 115 Å². The van der Waals surface area contributed by atoms with Gasteiger partial charge in [-0.1, -0.05) is 6.92 Å². The molecule has 6 nitrogen and oxygen atoms in total. The summed E-state index contributed by atoms with van der Waals surface area (Å²) in [4.78, 5) is 8.49. The lowest BCUT2D eigenvalue weighted by Crippen LogP contribution is -2.29. The molecule has 1 rings (SSSR count). The monoisotopic (exact) mass is 318 g/mol. The van der Waals surface area contributed by atoms with E-state index in [0.717, 1.165) is 17.4 Å². The van der Waals surface area contributed by atoms with Crippen LogP contribution in [0, 0.1) is 0 Å². The molecule has 0 aromatic carbocycles. The van der Waals surface area contributed by atoms with E-state index in [9.17, 15) is 5.11 Å². The van der Waals surface area contributed by atoms with Gasteiger partial charge in [0.05, 0.1) is 23.7 Å². The van der Waals surface area contributed by atoms with Gasteiger partial charge < -0.3 is 20.5 Å². The molecule has 0 aliphatic carbocycles. The van der Waals surface area contributed by atoms with Gasteiger partial charge >= 0.3 is 0 Å². The van der Waals surface area contributed by atoms with Crippen LogP contribution in [-0.2, 0) is 4.74 Å². The minimum Gasteiger partial charge on any atom is -0.394 e. The SMILES string of the molecule is CCCNc1ncc(Br)c(NC(CO)COC)n1. The molecule has 1 unspecified atom stereocenters. The second-order valence-corrected chi connectivity index (χ2v) is 4.65. The highest BCUT2D eigenvalue weighted by molar-refractivity contribution is 9.10. The smallest absolute Gasteiger partial charge is 0.224 e. The van der Waals surface area contributed by atoms with Crippen LogP contribution in [0.25, 0.3) is 0 Å². The van der Waals surface area contributed by atoms with Crippen molar-refractivity contribution in [2.75, 3.05) is 37.5 Å². The van der Waals surface area contributed by atoms with Crippen molar-refractivity contribution in [2.45, 2.75) is 19.4 Å². The van der Waals surface area contributed by atoms with Gasteiger partial charge in [-0.25, -0.2) is 4.98 Å². The first-order chi connectivity index (χ1) is 8.71. The first-order valence-corrected chi connectivity index (χ1v) is 6.63. The molecule has 0 amide bonds. The minimum atomic E-state index is -0.194. The fourth-order valence-electron chi connectivity index (χ4n) is 1.32. The van der Waals surface area contributed by atoms with Gasteiger partial charge in [0.15, 0.2) is 0 Å². The molecule has 0 aliphatic heterocycles. The van der Waals surface area contributed by atoms with E-state index in [0.29, 0.717) is 18.4 Å². The Hall–Kier alpha value is -0.920. The minimum absolute atomic E-state index is 0.0258. The average Bonchev–Trinajstić information content (AvgIpc) is 2.38. The van der Waals surface area contributed by atoms with Gasteiger partial charge in [-0.15, -0.1) is 0 Å². The number of aliphatic hydroxyl groups excluding tert-OH is 1. The first kappa shape index (κ1) is 15.1. The topological polar surface area (TPSA) is 79.3 Å². The summed E-state index contributed by atoms with van der Waals surface area (Å²) in [5.74, 6) is 1.20. The van der Waals surface area contributed by atoms with Gasteiger partial charge in [-0.3, -0.25) is 0 Å². The molecule has 0 saturated heterocycles. The number of methoxy groups -OCH3 is 1. The largest absolute Gasteiger partial charge is 0.394 e. The van der Waals surface area contributed by atoms with Gasteiger partial charge in [0.25, 0.3) is 0 Å². The Balaban J connectivity index is 2.73. The van der Waals surface area contributed by atoms with Crippen molar-refractivity contribution < 1.29 is 9.84 Å². The molecule has 1 heterocycles. The molecule has 1 aromatic heterocycles. The van der Waals surface area contributed by atoms with E-state index in [1.807, 2.05) is 0 Å². The summed E-state index contributed by atoms with van der Waals surface area (Å²) in [5, 5.41) is 15.4. The molecular weight excluding hydrogens is 300 g/mol. The van der Waals surface area contributed by atoms with Crippen molar-refractivity contribution in [1.29, 1.82) is 0 Å². The molecule has 0 fully saturated rings. The van der Waals surface area contributed by atoms with E-state index in [1.54, 1.807) is 13.3 Å². The van der Waals surface area contributed by atoms with Crippen LogP contribution in [0.3, 0.4) is 0 Å². The highest BCUT2D eigenvalue weighted by atomic mass is 79.9. The van der Waals surface area contributed by atoms with Crippen LogP contribution in [0.4, 0.5) is 11.8 Å². The summed E-state index contributed by atoms with van der Waals surface area (Å²) < 4.78 is 5.75. The second kappa shape index (κ2) is 8.23. The Morgan fingerprint density at radius 2 is 2.33 bits per heavy atom. The predicted molar refractivity (Wildman–Crippen MR) is 74.9 cm³/mol. The molecule has 0 saturated carbocycles. The molecule has 0 bridgehead atoms. The quantitative estimate of drug-likeness (QED) is 0.674. The van der Waals surface area contributed by atoms with Crippen molar-refractivity contribution in [2.24, 2.45) is 0 Å². The number of nitrogens with zero attached hydrogens (tertiary/aromatic N) is 2. The van der Waals surface area contributed by atoms with Gasteiger partial charge in [0.2, 0.25) is 5.95 Å². The van der Waals surface area contributed by atoms with E-state index < -0.39 is 0 Å². The van der Waals surface area contributed by atoms with Crippen LogP contribution >= 0.6 is 15.9 Å². The lowest BCUT2D eigenvalue weighted by atomic mass is 10.3. The van der Waals surface area contributed by atoms with Crippen LogP contribution in [0.5, 0.6) is 0 Å². The maximum Gasteiger partial charge on any atom is 0.224 e. The molecule has 1 aromatic rings.